The highest BCUT2D eigenvalue weighted by Crippen LogP contribution is 2.60. The Morgan fingerprint density at radius 3 is 2.49 bits per heavy atom. The van der Waals surface area contributed by atoms with Gasteiger partial charge in [-0.1, -0.05) is 113 Å². The minimum Gasteiger partial charge on any atom is -0.508 e. The molecule has 440 valence electrons. The van der Waals surface area contributed by atoms with E-state index in [0.29, 0.717) is 48.3 Å². The first-order valence-electron chi connectivity index (χ1n) is 30.5. The summed E-state index contributed by atoms with van der Waals surface area (Å²) >= 11 is 0. The summed E-state index contributed by atoms with van der Waals surface area (Å²) in [5.74, 6) is 1.70. The number of ketones is 2. The van der Waals surface area contributed by atoms with Gasteiger partial charge in [0.05, 0.1) is 42.3 Å². The number of hydrogen-bond donors (Lipinski definition) is 8. The number of nitrogens with one attached hydrogen (secondary N) is 2. The molecule has 4 aromatic carbocycles. The molecule has 8 N–H and O–H groups in total. The molecule has 4 aromatic rings. The third kappa shape index (κ3) is 12.2. The maximum atomic E-state index is 15.2. The van der Waals surface area contributed by atoms with E-state index in [9.17, 15) is 35.4 Å². The average Bonchev–Trinajstić information content (AvgIpc) is 3.79. The normalized spacial score (nSPS) is 31.4. The quantitative estimate of drug-likeness (QED) is 0.0521. The second-order valence-electron chi connectivity index (χ2n) is 25.1. The molecular formula is C65H86N2O10S4. The van der Waals surface area contributed by atoms with Crippen LogP contribution in [0.1, 0.15) is 194 Å². The van der Waals surface area contributed by atoms with E-state index >= 15 is 4.79 Å². The van der Waals surface area contributed by atoms with Crippen LogP contribution in [0.3, 0.4) is 0 Å². The van der Waals surface area contributed by atoms with E-state index in [2.05, 4.69) is 29.7 Å². The van der Waals surface area contributed by atoms with Crippen molar-refractivity contribution >= 4 is 71.2 Å². The monoisotopic (exact) mass is 1180 g/mol. The van der Waals surface area contributed by atoms with Crippen LogP contribution < -0.4 is 15.4 Å². The molecule has 0 amide bonds. The van der Waals surface area contributed by atoms with Crippen molar-refractivity contribution in [2.24, 2.45) is 17.8 Å². The molecule has 5 bridgehead atoms. The van der Waals surface area contributed by atoms with Crippen LogP contribution in [-0.2, 0) is 33.1 Å². The van der Waals surface area contributed by atoms with Gasteiger partial charge in [-0.3, -0.25) is 14.9 Å². The van der Waals surface area contributed by atoms with Gasteiger partial charge in [0.1, 0.15) is 17.8 Å². The van der Waals surface area contributed by atoms with E-state index in [-0.39, 0.29) is 90.0 Å². The van der Waals surface area contributed by atoms with E-state index in [1.54, 1.807) is 37.0 Å². The molecule has 12 nitrogen and oxygen atoms in total. The molecule has 2 saturated carbocycles. The molecule has 81 heavy (non-hydrogen) atoms. The number of phenolic OH excluding ortho intramolecular Hbond substituents is 2. The number of ether oxygens (including phenoxy) is 2. The minimum absolute atomic E-state index is 0.00523. The Morgan fingerprint density at radius 2 is 1.73 bits per heavy atom. The van der Waals surface area contributed by atoms with Crippen molar-refractivity contribution in [3.05, 3.63) is 81.9 Å². The van der Waals surface area contributed by atoms with E-state index in [1.807, 2.05) is 56.6 Å². The first-order valence-corrected chi connectivity index (χ1v) is 35.2. The zero-order valence-corrected chi connectivity index (χ0v) is 50.9. The fraction of sp³-hybridized carbons (Fsp3) is 0.631. The van der Waals surface area contributed by atoms with Gasteiger partial charge in [-0.2, -0.15) is 0 Å². The van der Waals surface area contributed by atoms with Gasteiger partial charge in [-0.15, -0.1) is 0 Å². The summed E-state index contributed by atoms with van der Waals surface area (Å²) < 4.78 is 13.3. The van der Waals surface area contributed by atoms with Crippen LogP contribution in [0.5, 0.6) is 17.2 Å². The first kappa shape index (κ1) is 59.6. The number of hydrogen-bond acceptors (Lipinski definition) is 16. The number of aromatic hydroxyl groups is 2. The van der Waals surface area contributed by atoms with Crippen LogP contribution in [0.25, 0.3) is 21.9 Å². The highest BCUT2D eigenvalue weighted by atomic mass is 33.1. The molecule has 3 aliphatic carbocycles. The molecular weight excluding hydrogens is 1100 g/mol. The van der Waals surface area contributed by atoms with Crippen molar-refractivity contribution in [3.8, 4) is 28.4 Å². The van der Waals surface area contributed by atoms with Gasteiger partial charge in [0.15, 0.2) is 17.3 Å². The average molecular weight is 1180 g/mol. The lowest BCUT2D eigenvalue weighted by molar-refractivity contribution is -0.130. The fourth-order valence-electron chi connectivity index (χ4n) is 15.7. The largest absolute Gasteiger partial charge is 0.508 e. The van der Waals surface area contributed by atoms with Crippen LogP contribution in [0, 0.1) is 17.8 Å². The van der Waals surface area contributed by atoms with Gasteiger partial charge < -0.3 is 45.4 Å². The molecule has 5 heterocycles. The Bertz CT molecular complexity index is 2920. The Labute approximate surface area is 495 Å². The molecule has 0 aromatic heterocycles. The molecule has 5 aliphatic heterocycles. The number of benzene rings is 4. The summed E-state index contributed by atoms with van der Waals surface area (Å²) in [7, 11) is 8.98. The van der Waals surface area contributed by atoms with Crippen LogP contribution >= 0.6 is 43.2 Å². The maximum Gasteiger partial charge on any atom is 0.168 e. The van der Waals surface area contributed by atoms with Crippen molar-refractivity contribution in [1.82, 2.24) is 5.32 Å². The number of methoxy groups -OCH3 is 1. The third-order valence-electron chi connectivity index (χ3n) is 20.2. The maximum absolute atomic E-state index is 15.2. The summed E-state index contributed by atoms with van der Waals surface area (Å²) in [6.45, 7) is 3.64. The van der Waals surface area contributed by atoms with E-state index in [0.717, 1.165) is 152 Å². The van der Waals surface area contributed by atoms with Gasteiger partial charge >= 0.3 is 0 Å². The molecule has 16 heteroatoms. The molecule has 12 rings (SSSR count). The SMILES string of the molecule is CCCCC[C@@H]1SSC[C@H]2C[C@H]3c4c(cc(CO)c5c4[C@@H](CC[C@H](C(C)=O)N5)C[C@H]3CO)[C@H](N[C@H]2CCC2(O)CCCCC2)O[C@H]2CC(=O)CCc3ccc(O)c(OC)c3-c3ccc4ccc(O)cc4c3CSS[C@]13CC[C@H]2C[C@@H]3O. The number of aliphatic hydroxyl groups excluding tert-OH is 3. The van der Waals surface area contributed by atoms with Crippen molar-refractivity contribution in [1.29, 1.82) is 0 Å². The zero-order valence-electron chi connectivity index (χ0n) is 47.6. The zero-order chi connectivity index (χ0) is 56.6. The number of phenols is 2. The molecule has 8 aliphatic rings. The van der Waals surface area contributed by atoms with Gasteiger partial charge in [0.2, 0.25) is 0 Å². The lowest BCUT2D eigenvalue weighted by Crippen LogP contribution is -2.53. The van der Waals surface area contributed by atoms with Crippen molar-refractivity contribution in [2.75, 3.05) is 24.8 Å². The van der Waals surface area contributed by atoms with Crippen molar-refractivity contribution < 1.29 is 49.7 Å². The number of carbonyl (C=O) groups excluding carboxylic acids is 2. The van der Waals surface area contributed by atoms with Crippen LogP contribution in [0.2, 0.25) is 0 Å². The Kier molecular flexibility index (Phi) is 19.0. The summed E-state index contributed by atoms with van der Waals surface area (Å²) in [6.07, 6.45) is 13.6. The Balaban J connectivity index is 1.09. The summed E-state index contributed by atoms with van der Waals surface area (Å²) in [4.78, 5) is 28.5. The smallest absolute Gasteiger partial charge is 0.168 e. The summed E-state index contributed by atoms with van der Waals surface area (Å²) in [6, 6.07) is 14.7. The minimum atomic E-state index is -0.761. The summed E-state index contributed by atoms with van der Waals surface area (Å²) in [5.41, 5.74) is 7.37. The van der Waals surface area contributed by atoms with Gasteiger partial charge in [0.25, 0.3) is 0 Å². The third-order valence-corrected chi connectivity index (χ3v) is 26.7. The molecule has 0 unspecified atom stereocenters. The molecule has 0 spiro atoms. The van der Waals surface area contributed by atoms with E-state index in [4.69, 9.17) is 9.47 Å². The van der Waals surface area contributed by atoms with Crippen LogP contribution in [0.4, 0.5) is 5.69 Å². The number of aliphatic hydroxyl groups is 4. The van der Waals surface area contributed by atoms with Crippen molar-refractivity contribution in [2.45, 2.75) is 219 Å². The highest BCUT2D eigenvalue weighted by molar-refractivity contribution is 8.78. The highest BCUT2D eigenvalue weighted by Gasteiger charge is 2.53. The molecule has 4 fully saturated rings. The lowest BCUT2D eigenvalue weighted by Gasteiger charge is -2.50. The Morgan fingerprint density at radius 1 is 0.901 bits per heavy atom. The number of unbranched alkanes of at least 4 members (excludes halogenated alkanes) is 2. The van der Waals surface area contributed by atoms with Gasteiger partial charge in [-0.05, 0) is 188 Å². The number of anilines is 1. The van der Waals surface area contributed by atoms with Crippen molar-refractivity contribution in [3.63, 3.8) is 0 Å². The summed E-state index contributed by atoms with van der Waals surface area (Å²) in [5, 5.41) is 80.9. The van der Waals surface area contributed by atoms with Gasteiger partial charge in [-0.25, -0.2) is 0 Å². The number of fused-ring (bicyclic) bond motifs is 9. The molecule has 2 saturated heterocycles. The van der Waals surface area contributed by atoms with Gasteiger partial charge in [0, 0.05) is 59.1 Å². The topological polar surface area (TPSA) is 198 Å². The number of Topliss-reactive ketones (excluding diaryl/α,β-unsaturated/α-hetero) is 2. The van der Waals surface area contributed by atoms with Crippen LogP contribution in [-0.4, -0.2) is 102 Å². The molecule has 12 atom stereocenters. The number of aryl methyl sites for hydroxylation is 1. The lowest BCUT2D eigenvalue weighted by atomic mass is 9.63. The predicted octanol–water partition coefficient (Wildman–Crippen LogP) is 13.3. The van der Waals surface area contributed by atoms with E-state index < -0.39 is 34.8 Å². The van der Waals surface area contributed by atoms with E-state index in [1.165, 1.54) is 0 Å². The molecule has 0 radical (unpaired) electrons. The predicted molar refractivity (Wildman–Crippen MR) is 330 cm³/mol. The standard InChI is InChI=1S/C65H86N2O10S4/c1-4-5-7-10-57-65-26-21-40(30-56(65)74)55(32-46(72)17-12-39-15-20-54(73)62(76-3)58(39)47-18-13-38-11-16-45(71)31-48(38)51(47)36-79-81-65)77-63-50-28-43(34-69)61-59-41(14-19-52(66-61)37(2)70)27-42(33-68)49(60(50)59)29-44(35-78-80-57)53(67-63)22-25-64(75)23-8-6-9-24-64/h11,13,15-16,18,20,28,31,40-42,44,49,52-53,55-57,63,66-69,71,73-75H,4-10,12,14,17,19,21-27,29-30,32-36H2,1-3H3/t40-,41-,42-,44+,49+,52+,53-,55-,56-,57-,63+,65-/m0/s1. The second kappa shape index (κ2) is 25.8. The Hall–Kier alpha value is -3.16. The second-order valence-corrected chi connectivity index (χ2v) is 30.4. The first-order chi connectivity index (χ1) is 39.2. The fourth-order valence-corrected chi connectivity index (χ4v) is 23.4. The van der Waals surface area contributed by atoms with Crippen LogP contribution in [0.15, 0.2) is 48.5 Å². The number of carbonyl (C=O) groups is 2. The number of rotatable bonds is 11.